The summed E-state index contributed by atoms with van der Waals surface area (Å²) < 4.78 is 11.1. The smallest absolute Gasteiger partial charge is 0.247 e. The van der Waals surface area contributed by atoms with Crippen molar-refractivity contribution >= 4 is 17.5 Å². The van der Waals surface area contributed by atoms with Crippen molar-refractivity contribution in [3.8, 4) is 11.5 Å². The van der Waals surface area contributed by atoms with E-state index in [-0.39, 0.29) is 23.8 Å². The molecule has 4 rings (SSSR count). The molecular formula is C24H29N3O4. The molecule has 7 nitrogen and oxygen atoms in total. The standard InChI is InChI=1S/C24H29N3O4/c1-3-15(2)22(24(29)26-18-8-9-20-21(13-18)31-11-10-30-20)27-23(28)19-12-16-6-4-5-7-17(16)14-25-19/h4-9,13,15,19,22,25H,3,10-12,14H2,1-2H3,(H,26,29)(H,27,28)/t15-,19+,22-/m0/s1. The second-order valence-electron chi connectivity index (χ2n) is 8.13. The van der Waals surface area contributed by atoms with Crippen LogP contribution < -0.4 is 25.4 Å². The second kappa shape index (κ2) is 9.39. The summed E-state index contributed by atoms with van der Waals surface area (Å²) in [6.07, 6.45) is 1.37. The molecule has 3 N–H and O–H groups in total. The van der Waals surface area contributed by atoms with Gasteiger partial charge in [-0.25, -0.2) is 0 Å². The van der Waals surface area contributed by atoms with E-state index in [0.29, 0.717) is 43.4 Å². The van der Waals surface area contributed by atoms with Gasteiger partial charge in [0, 0.05) is 18.3 Å². The van der Waals surface area contributed by atoms with E-state index in [0.717, 1.165) is 6.42 Å². The lowest BCUT2D eigenvalue weighted by atomic mass is 9.94. The zero-order chi connectivity index (χ0) is 21.8. The Bertz CT molecular complexity index is 962. The topological polar surface area (TPSA) is 88.7 Å². The van der Waals surface area contributed by atoms with Crippen LogP contribution in [-0.2, 0) is 22.6 Å². The summed E-state index contributed by atoms with van der Waals surface area (Å²) in [7, 11) is 0. The maximum atomic E-state index is 13.1. The molecule has 3 atom stereocenters. The van der Waals surface area contributed by atoms with Gasteiger partial charge in [0.15, 0.2) is 11.5 Å². The second-order valence-corrected chi connectivity index (χ2v) is 8.13. The third-order valence-corrected chi connectivity index (χ3v) is 6.00. The molecule has 0 aromatic heterocycles. The van der Waals surface area contributed by atoms with Gasteiger partial charge in [-0.15, -0.1) is 0 Å². The summed E-state index contributed by atoms with van der Waals surface area (Å²) in [6.45, 7) is 5.62. The van der Waals surface area contributed by atoms with Crippen LogP contribution in [0, 0.1) is 5.92 Å². The number of hydrogen-bond acceptors (Lipinski definition) is 5. The molecule has 0 spiro atoms. The highest BCUT2D eigenvalue weighted by Crippen LogP contribution is 2.32. The normalized spacial score (nSPS) is 19.0. The fourth-order valence-electron chi connectivity index (χ4n) is 3.94. The van der Waals surface area contributed by atoms with Crippen molar-refractivity contribution < 1.29 is 19.1 Å². The van der Waals surface area contributed by atoms with Crippen molar-refractivity contribution in [2.75, 3.05) is 18.5 Å². The number of hydrogen-bond donors (Lipinski definition) is 3. The Labute approximate surface area is 182 Å². The number of benzene rings is 2. The largest absolute Gasteiger partial charge is 0.486 e. The highest BCUT2D eigenvalue weighted by molar-refractivity contribution is 5.98. The van der Waals surface area contributed by atoms with Gasteiger partial charge in [-0.05, 0) is 35.6 Å². The molecule has 0 fully saturated rings. The Morgan fingerprint density at radius 2 is 1.84 bits per heavy atom. The molecule has 0 bridgehead atoms. The van der Waals surface area contributed by atoms with Crippen molar-refractivity contribution in [3.63, 3.8) is 0 Å². The summed E-state index contributed by atoms with van der Waals surface area (Å²) in [4.78, 5) is 26.1. The molecular weight excluding hydrogens is 394 g/mol. The third-order valence-electron chi connectivity index (χ3n) is 6.00. The van der Waals surface area contributed by atoms with Crippen molar-refractivity contribution in [1.29, 1.82) is 0 Å². The summed E-state index contributed by atoms with van der Waals surface area (Å²) in [5.74, 6) is 0.864. The molecule has 0 saturated heterocycles. The molecule has 0 unspecified atom stereocenters. The van der Waals surface area contributed by atoms with Crippen LogP contribution in [-0.4, -0.2) is 37.1 Å². The summed E-state index contributed by atoms with van der Waals surface area (Å²) in [6, 6.07) is 12.4. The van der Waals surface area contributed by atoms with Gasteiger partial charge in [-0.1, -0.05) is 44.5 Å². The minimum Gasteiger partial charge on any atom is -0.486 e. The Kier molecular flexibility index (Phi) is 6.42. The van der Waals surface area contributed by atoms with Crippen LogP contribution >= 0.6 is 0 Å². The Morgan fingerprint density at radius 1 is 1.10 bits per heavy atom. The predicted molar refractivity (Wildman–Crippen MR) is 118 cm³/mol. The lowest BCUT2D eigenvalue weighted by molar-refractivity contribution is -0.129. The van der Waals surface area contributed by atoms with Crippen LogP contribution in [0.5, 0.6) is 11.5 Å². The molecule has 164 valence electrons. The average molecular weight is 424 g/mol. The molecule has 0 radical (unpaired) electrons. The quantitative estimate of drug-likeness (QED) is 0.665. The minimum absolute atomic E-state index is 0.0166. The molecule has 2 aromatic rings. The van der Waals surface area contributed by atoms with Gasteiger partial charge in [-0.3, -0.25) is 9.59 Å². The maximum absolute atomic E-state index is 13.1. The number of fused-ring (bicyclic) bond motifs is 2. The van der Waals surface area contributed by atoms with E-state index >= 15 is 0 Å². The molecule has 2 amide bonds. The van der Waals surface area contributed by atoms with E-state index in [1.54, 1.807) is 18.2 Å². The number of ether oxygens (including phenoxy) is 2. The SMILES string of the molecule is CC[C@H](C)[C@H](NC(=O)[C@H]1Cc2ccccc2CN1)C(=O)Nc1ccc2c(c1)OCCO2. The van der Waals surface area contributed by atoms with Gasteiger partial charge in [-0.2, -0.15) is 0 Å². The molecule has 2 aliphatic rings. The predicted octanol–water partition coefficient (Wildman–Crippen LogP) is 2.64. The number of anilines is 1. The van der Waals surface area contributed by atoms with E-state index in [2.05, 4.69) is 28.1 Å². The molecule has 2 heterocycles. The first-order chi connectivity index (χ1) is 15.0. The minimum atomic E-state index is -0.635. The number of amides is 2. The Hall–Kier alpha value is -3.06. The number of carbonyl (C=O) groups excluding carboxylic acids is 2. The van der Waals surface area contributed by atoms with Crippen LogP contribution in [0.25, 0.3) is 0 Å². The van der Waals surface area contributed by atoms with E-state index in [4.69, 9.17) is 9.47 Å². The third kappa shape index (κ3) is 4.82. The zero-order valence-corrected chi connectivity index (χ0v) is 17.9. The highest BCUT2D eigenvalue weighted by Gasteiger charge is 2.31. The van der Waals surface area contributed by atoms with E-state index < -0.39 is 6.04 Å². The first kappa shape index (κ1) is 21.2. The maximum Gasteiger partial charge on any atom is 0.247 e. The van der Waals surface area contributed by atoms with E-state index in [9.17, 15) is 9.59 Å². The summed E-state index contributed by atoms with van der Waals surface area (Å²) >= 11 is 0. The van der Waals surface area contributed by atoms with Crippen molar-refractivity contribution in [3.05, 3.63) is 53.6 Å². The highest BCUT2D eigenvalue weighted by atomic mass is 16.6. The Morgan fingerprint density at radius 3 is 2.61 bits per heavy atom. The van der Waals surface area contributed by atoms with E-state index in [1.165, 1.54) is 11.1 Å². The van der Waals surface area contributed by atoms with Gasteiger partial charge >= 0.3 is 0 Å². The fourth-order valence-corrected chi connectivity index (χ4v) is 3.94. The van der Waals surface area contributed by atoms with Gasteiger partial charge in [0.2, 0.25) is 11.8 Å². The number of nitrogens with one attached hydrogen (secondary N) is 3. The van der Waals surface area contributed by atoms with E-state index in [1.807, 2.05) is 26.0 Å². The van der Waals surface area contributed by atoms with Crippen LogP contribution in [0.4, 0.5) is 5.69 Å². The van der Waals surface area contributed by atoms with Crippen molar-refractivity contribution in [2.45, 2.75) is 45.3 Å². The molecule has 0 aliphatic carbocycles. The van der Waals surface area contributed by atoms with Crippen LogP contribution in [0.15, 0.2) is 42.5 Å². The first-order valence-electron chi connectivity index (χ1n) is 10.9. The monoisotopic (exact) mass is 423 g/mol. The number of carbonyl (C=O) groups is 2. The lowest BCUT2D eigenvalue weighted by Gasteiger charge is -2.29. The average Bonchev–Trinajstić information content (AvgIpc) is 2.81. The summed E-state index contributed by atoms with van der Waals surface area (Å²) in [5, 5.41) is 9.19. The van der Waals surface area contributed by atoms with Crippen LogP contribution in [0.1, 0.15) is 31.4 Å². The van der Waals surface area contributed by atoms with Crippen molar-refractivity contribution in [1.82, 2.24) is 10.6 Å². The fraction of sp³-hybridized carbons (Fsp3) is 0.417. The van der Waals surface area contributed by atoms with Gasteiger partial charge < -0.3 is 25.4 Å². The first-order valence-corrected chi connectivity index (χ1v) is 10.9. The van der Waals surface area contributed by atoms with Crippen molar-refractivity contribution in [2.24, 2.45) is 5.92 Å². The zero-order valence-electron chi connectivity index (χ0n) is 17.9. The molecule has 2 aromatic carbocycles. The van der Waals surface area contributed by atoms with Crippen LogP contribution in [0.2, 0.25) is 0 Å². The van der Waals surface area contributed by atoms with Crippen LogP contribution in [0.3, 0.4) is 0 Å². The molecule has 0 saturated carbocycles. The van der Waals surface area contributed by atoms with Gasteiger partial charge in [0.05, 0.1) is 6.04 Å². The lowest BCUT2D eigenvalue weighted by Crippen LogP contribution is -2.55. The molecule has 31 heavy (non-hydrogen) atoms. The molecule has 7 heteroatoms. The Balaban J connectivity index is 1.43. The summed E-state index contributed by atoms with van der Waals surface area (Å²) in [5.41, 5.74) is 2.99. The van der Waals surface area contributed by atoms with Gasteiger partial charge in [0.25, 0.3) is 0 Å². The molecule has 2 aliphatic heterocycles. The number of rotatable bonds is 6. The van der Waals surface area contributed by atoms with Gasteiger partial charge in [0.1, 0.15) is 19.3 Å².